The molecule has 4 heterocycles. The van der Waals surface area contributed by atoms with Gasteiger partial charge in [0.1, 0.15) is 47.5 Å². The molecule has 10 rings (SSSR count). The lowest BCUT2D eigenvalue weighted by Gasteiger charge is -2.38. The van der Waals surface area contributed by atoms with E-state index < -0.39 is 120 Å². The maximum Gasteiger partial charge on any atom is 0.408 e. The van der Waals surface area contributed by atoms with Crippen LogP contribution >= 0.6 is 12.4 Å². The van der Waals surface area contributed by atoms with E-state index >= 15 is 0 Å². The highest BCUT2D eigenvalue weighted by molar-refractivity contribution is 6.38. The minimum atomic E-state index is -1.77. The number of carboxylic acids is 1. The first-order valence-corrected chi connectivity index (χ1v) is 39.1. The molecule has 8 fully saturated rings. The Morgan fingerprint density at radius 1 is 0.543 bits per heavy atom. The van der Waals surface area contributed by atoms with Crippen LogP contribution in [0.25, 0.3) is 0 Å². The summed E-state index contributed by atoms with van der Waals surface area (Å²) in [7, 11) is 6.42. The predicted octanol–water partition coefficient (Wildman–Crippen LogP) is 6.86. The van der Waals surface area contributed by atoms with E-state index in [0.29, 0.717) is 45.1 Å². The van der Waals surface area contributed by atoms with Crippen molar-refractivity contribution in [3.63, 3.8) is 0 Å². The number of carboxylic acid groups (broad SMARTS) is 1. The fraction of sp³-hybridized carbons (Fsp3) is 0.702. The lowest BCUT2D eigenvalue weighted by molar-refractivity contribution is -0.151. The first kappa shape index (κ1) is 102. The molecule has 13 atom stereocenters. The zero-order chi connectivity index (χ0) is 81.8. The van der Waals surface area contributed by atoms with Crippen molar-refractivity contribution in [3.05, 3.63) is 71.8 Å². The molecule has 4 unspecified atom stereocenters. The van der Waals surface area contributed by atoms with Crippen molar-refractivity contribution in [1.82, 2.24) is 56.8 Å². The normalized spacial score (nSPS) is 22.6. The van der Waals surface area contributed by atoms with Crippen molar-refractivity contribution in [2.24, 2.45) is 63.9 Å². The van der Waals surface area contributed by atoms with Crippen LogP contribution in [0.3, 0.4) is 0 Å². The third kappa shape index (κ3) is 26.5. The molecule has 32 heteroatoms. The van der Waals surface area contributed by atoms with Crippen LogP contribution in [0.4, 0.5) is 9.59 Å². The molecule has 4 aliphatic carbocycles. The van der Waals surface area contributed by atoms with E-state index in [-0.39, 0.29) is 149 Å². The van der Waals surface area contributed by atoms with E-state index in [4.69, 9.17) is 24.7 Å². The number of hydrogen-bond donors (Lipinski definition) is 10. The van der Waals surface area contributed by atoms with E-state index in [1.807, 2.05) is 32.0 Å². The number of rotatable bonds is 27. The SMILES string of the molecule is C.C.C.C.CC(C)(C)OC(=O)N[C@H](C(=O)N1CC2[C@@H]([C@H]1C(=O)N[C@H](CC1COC1)C(O)C(=O)O)C2(C)C)C1CCCCC1.CN(C)C(=O)[C@@H](NC(=O)CN)c1ccccc1.CN(C)C(=O)[C@@H](NC(=O)CNC(=O)C(=O)C(CC1COC1)NC(=O)[C@@H]1[C@@H]2C(CN1C(=O)[C@@H](NC(=O)OC(C)(C)C)C1CCCCC1)C2(C)C)c1ccccc1.Cl. The van der Waals surface area contributed by atoms with Gasteiger partial charge in [-0.15, -0.1) is 12.4 Å². The van der Waals surface area contributed by atoms with Crippen LogP contribution in [0.2, 0.25) is 0 Å². The van der Waals surface area contributed by atoms with Crippen molar-refractivity contribution in [2.75, 3.05) is 80.8 Å². The van der Waals surface area contributed by atoms with Crippen molar-refractivity contribution in [1.29, 1.82) is 0 Å². The molecule has 116 heavy (non-hydrogen) atoms. The maximum atomic E-state index is 14.5. The summed E-state index contributed by atoms with van der Waals surface area (Å²) in [5, 5.41) is 38.7. The van der Waals surface area contributed by atoms with Gasteiger partial charge in [-0.05, 0) is 138 Å². The fourth-order valence-electron chi connectivity index (χ4n) is 16.5. The molecule has 4 aliphatic heterocycles. The summed E-state index contributed by atoms with van der Waals surface area (Å²) in [5.74, 6) is -7.06. The van der Waals surface area contributed by atoms with Gasteiger partial charge in [0, 0.05) is 53.1 Å². The molecule has 4 saturated heterocycles. The minimum Gasteiger partial charge on any atom is -0.479 e. The van der Waals surface area contributed by atoms with Crippen LogP contribution in [-0.2, 0) is 71.7 Å². The second kappa shape index (κ2) is 43.8. The monoisotopic (exact) mass is 1650 g/mol. The summed E-state index contributed by atoms with van der Waals surface area (Å²) in [6.45, 7) is 20.3. The average molecular weight is 1650 g/mol. The van der Waals surface area contributed by atoms with Crippen molar-refractivity contribution < 1.29 is 91.5 Å². The number of aliphatic hydroxyl groups excluding tert-OH is 1. The molecule has 2 aromatic carbocycles. The quantitative estimate of drug-likeness (QED) is 0.0408. The number of piperidine rings is 2. The molecule has 11 N–H and O–H groups in total. The Hall–Kier alpha value is -8.52. The molecule has 4 saturated carbocycles. The number of aliphatic hydroxyl groups is 1. The maximum absolute atomic E-state index is 14.5. The smallest absolute Gasteiger partial charge is 0.408 e. The number of aliphatic carboxylic acids is 1. The highest BCUT2D eigenvalue weighted by Crippen LogP contribution is 2.66. The summed E-state index contributed by atoms with van der Waals surface area (Å²) < 4.78 is 21.5. The Bertz CT molecular complexity index is 3650. The lowest BCUT2D eigenvalue weighted by atomic mass is 9.83. The molecular weight excluding hydrogens is 1520 g/mol. The minimum absolute atomic E-state index is 0. The third-order valence-corrected chi connectivity index (χ3v) is 22.9. The lowest BCUT2D eigenvalue weighted by Crippen LogP contribution is -2.60. The van der Waals surface area contributed by atoms with Gasteiger partial charge in [-0.2, -0.15) is 0 Å². The standard InChI is InChI=1S/C40H58N6O9.C28H45N3O8.C12H17N3O2.4CH4.ClH/c1-39(2,3)55-38(53)44-31(25-16-12-9-13-17-25)37(52)46-20-26-29(40(26,4)5)32(46)34(49)42-27(18-23-21-54-22-23)33(48)35(50)41-19-28(47)43-30(36(51)45(6)7)24-14-10-8-11-15-24;1-27(2,3)39-26(37)30-20(16-9-7-6-8-10-16)24(34)31-12-17-19(28(17,4)5)21(31)23(33)29-18(22(32)25(35)36)11-15-13-38-14-15;1-15(2)12(17)11(14-10(16)8-13)9-6-4-3-5-7-9;;;;;/h8,10-11,14-15,23,25-27,29-32H,9,12-13,16-22H2,1-7H3,(H,41,50)(H,42,49)(H,43,47)(H,44,53);15-22,32H,6-14H2,1-5H3,(H,29,33)(H,30,37)(H,35,36);3-7,11H,8,13H2,1-2H3,(H,14,16);4*1H4;1H/t26?,27?,29-,30-,31-,32-;17?,18-,19+,20+,21+,22?;11-;;;;;/m010...../s1. The van der Waals surface area contributed by atoms with Gasteiger partial charge < -0.3 is 91.7 Å². The number of nitrogens with two attached hydrogens (primary N) is 1. The van der Waals surface area contributed by atoms with Crippen LogP contribution in [0, 0.1) is 58.2 Å². The zero-order valence-corrected chi connectivity index (χ0v) is 68.2. The number of likely N-dealkylation sites (N-methyl/N-ethyl adjacent to an activating group) is 2. The molecule has 8 aliphatic rings. The van der Waals surface area contributed by atoms with Crippen LogP contribution in [0.5, 0.6) is 0 Å². The number of fused-ring (bicyclic) bond motifs is 2. The number of nitrogens with zero attached hydrogens (tertiary/aromatic N) is 4. The zero-order valence-electron chi connectivity index (χ0n) is 67.3. The van der Waals surface area contributed by atoms with Gasteiger partial charge in [-0.3, -0.25) is 47.9 Å². The van der Waals surface area contributed by atoms with Crippen LogP contribution < -0.4 is 43.0 Å². The van der Waals surface area contributed by atoms with E-state index in [0.717, 1.165) is 69.8 Å². The Morgan fingerprint density at radius 3 is 1.26 bits per heavy atom. The molecule has 0 radical (unpaired) electrons. The molecule has 31 nitrogen and oxygen atoms in total. The predicted molar refractivity (Wildman–Crippen MR) is 441 cm³/mol. The number of amides is 11. The van der Waals surface area contributed by atoms with E-state index in [1.165, 1.54) is 9.80 Å². The Morgan fingerprint density at radius 2 is 0.914 bits per heavy atom. The highest BCUT2D eigenvalue weighted by Gasteiger charge is 2.71. The number of ether oxygens (including phenoxy) is 4. The van der Waals surface area contributed by atoms with Crippen LogP contribution in [0.1, 0.15) is 199 Å². The van der Waals surface area contributed by atoms with Crippen molar-refractivity contribution >= 4 is 89.5 Å². The number of nitrogens with one attached hydrogen (secondary N) is 7. The number of likely N-dealkylation sites (tertiary alicyclic amines) is 2. The Labute approximate surface area is 692 Å². The number of ketones is 1. The van der Waals surface area contributed by atoms with Gasteiger partial charge in [-0.1, -0.05) is 157 Å². The largest absolute Gasteiger partial charge is 0.479 e. The van der Waals surface area contributed by atoms with Crippen LogP contribution in [-0.4, -0.2) is 241 Å². The molecule has 654 valence electrons. The number of hydrogen-bond acceptors (Lipinski definition) is 19. The number of alkyl carbamates (subject to hydrolysis) is 2. The molecule has 11 amide bonds. The average Bonchev–Trinajstić information content (AvgIpc) is 1.53. The highest BCUT2D eigenvalue weighted by atomic mass is 35.5. The first-order valence-electron chi connectivity index (χ1n) is 39.1. The van der Waals surface area contributed by atoms with Gasteiger partial charge in [-0.25, -0.2) is 14.4 Å². The second-order valence-corrected chi connectivity index (χ2v) is 34.6. The van der Waals surface area contributed by atoms with Gasteiger partial charge in [0.05, 0.1) is 51.6 Å². The number of benzene rings is 2. The topological polar surface area (TPSA) is 422 Å². The fourth-order valence-corrected chi connectivity index (χ4v) is 16.5. The van der Waals surface area contributed by atoms with E-state index in [1.54, 1.807) is 122 Å². The van der Waals surface area contributed by atoms with Gasteiger partial charge in [0.15, 0.2) is 6.10 Å². The van der Waals surface area contributed by atoms with E-state index in [2.05, 4.69) is 51.1 Å². The third-order valence-electron chi connectivity index (χ3n) is 22.9. The Balaban J connectivity index is 0.000000497. The number of carbonyl (C=O) groups excluding carboxylic acids is 12. The van der Waals surface area contributed by atoms with Gasteiger partial charge in [0.2, 0.25) is 53.0 Å². The number of carbonyl (C=O) groups is 13. The summed E-state index contributed by atoms with van der Waals surface area (Å²) in [6.07, 6.45) is 6.25. The summed E-state index contributed by atoms with van der Waals surface area (Å²) in [6, 6.07) is 10.4. The molecule has 2 aromatic rings. The molecule has 0 aromatic heterocycles. The summed E-state index contributed by atoms with van der Waals surface area (Å²) >= 11 is 0. The molecular formula is C84H137ClN12O19. The Kier molecular flexibility index (Phi) is 38.4. The number of Topliss-reactive ketones (excluding diaryl/α,β-unsaturated/α-hetero) is 1. The van der Waals surface area contributed by atoms with E-state index in [9.17, 15) is 72.5 Å². The molecule has 0 spiro atoms. The second-order valence-electron chi connectivity index (χ2n) is 34.6. The van der Waals surface area contributed by atoms with Crippen molar-refractivity contribution in [3.8, 4) is 0 Å². The van der Waals surface area contributed by atoms with Gasteiger partial charge >= 0.3 is 18.2 Å². The van der Waals surface area contributed by atoms with Gasteiger partial charge in [0.25, 0.3) is 5.91 Å². The summed E-state index contributed by atoms with van der Waals surface area (Å²) in [4.78, 5) is 176. The number of halogens is 1. The molecule has 0 bridgehead atoms. The summed E-state index contributed by atoms with van der Waals surface area (Å²) in [5.41, 5.74) is 4.64. The van der Waals surface area contributed by atoms with Crippen molar-refractivity contribution in [2.45, 2.75) is 242 Å². The van der Waals surface area contributed by atoms with Crippen LogP contribution in [0.15, 0.2) is 60.7 Å². The first-order chi connectivity index (χ1) is 52.1.